The number of hydrogen-bond acceptors (Lipinski definition) is 5. The summed E-state index contributed by atoms with van der Waals surface area (Å²) in [5.74, 6) is 0.558. The fourth-order valence-corrected chi connectivity index (χ4v) is 2.82. The van der Waals surface area contributed by atoms with Gasteiger partial charge in [-0.05, 0) is 35.2 Å². The number of aryl methyl sites for hydroxylation is 1. The minimum atomic E-state index is 0.128. The van der Waals surface area contributed by atoms with Crippen LogP contribution in [0.3, 0.4) is 0 Å². The molecular weight excluding hydrogens is 260 g/mol. The highest BCUT2D eigenvalue weighted by Crippen LogP contribution is 2.27. The lowest BCUT2D eigenvalue weighted by Crippen LogP contribution is -2.04. The van der Waals surface area contributed by atoms with E-state index in [1.807, 2.05) is 0 Å². The first kappa shape index (κ1) is 11.9. The monoisotopic (exact) mass is 274 g/mol. The van der Waals surface area contributed by atoms with E-state index >= 15 is 0 Å². The molecule has 3 aromatic rings. The molecule has 0 aliphatic carbocycles. The molecule has 1 unspecified atom stereocenters. The topological polar surface area (TPSA) is 96.3 Å². The zero-order chi connectivity index (χ0) is 13.1. The van der Waals surface area contributed by atoms with Gasteiger partial charge in [0.15, 0.2) is 5.95 Å². The van der Waals surface area contributed by atoms with Crippen molar-refractivity contribution in [2.75, 3.05) is 5.73 Å². The van der Waals surface area contributed by atoms with Crippen LogP contribution in [0, 0.1) is 0 Å². The average molecular weight is 274 g/mol. The Balaban J connectivity index is 1.80. The SMILES string of the molecule is Nc1ncc(C(CCc2ccsc2)c2cn[nH]n2)[nH]1. The molecule has 0 fully saturated rings. The van der Waals surface area contributed by atoms with Gasteiger partial charge in [-0.25, -0.2) is 4.98 Å². The molecule has 98 valence electrons. The minimum absolute atomic E-state index is 0.128. The first-order valence-corrected chi connectivity index (χ1v) is 6.94. The molecule has 0 aliphatic rings. The van der Waals surface area contributed by atoms with Crippen LogP contribution in [0.4, 0.5) is 5.95 Å². The van der Waals surface area contributed by atoms with Gasteiger partial charge in [0, 0.05) is 11.6 Å². The third-order valence-corrected chi connectivity index (χ3v) is 3.82. The van der Waals surface area contributed by atoms with Crippen LogP contribution in [0.25, 0.3) is 0 Å². The quantitative estimate of drug-likeness (QED) is 0.662. The Hall–Kier alpha value is -2.15. The van der Waals surface area contributed by atoms with Gasteiger partial charge in [0.05, 0.1) is 18.1 Å². The number of anilines is 1. The van der Waals surface area contributed by atoms with Crippen molar-refractivity contribution in [2.24, 2.45) is 0 Å². The Labute approximate surface area is 114 Å². The summed E-state index contributed by atoms with van der Waals surface area (Å²) in [6, 6.07) is 2.14. The number of thiophene rings is 1. The number of rotatable bonds is 5. The standard InChI is InChI=1S/C12H14N6S/c13-12-14-5-10(16-12)9(11-6-15-18-17-11)2-1-8-3-4-19-7-8/h3-7,9H,1-2H2,(H3,13,14,16)(H,15,17,18). The van der Waals surface area contributed by atoms with Gasteiger partial charge in [-0.15, -0.1) is 0 Å². The highest BCUT2D eigenvalue weighted by Gasteiger charge is 2.19. The summed E-state index contributed by atoms with van der Waals surface area (Å²) in [7, 11) is 0. The van der Waals surface area contributed by atoms with Crippen molar-refractivity contribution in [3.8, 4) is 0 Å². The highest BCUT2D eigenvalue weighted by molar-refractivity contribution is 7.07. The van der Waals surface area contributed by atoms with Crippen molar-refractivity contribution in [3.05, 3.63) is 46.2 Å². The van der Waals surface area contributed by atoms with Crippen molar-refractivity contribution in [2.45, 2.75) is 18.8 Å². The Bertz CT molecular complexity index is 613. The summed E-state index contributed by atoms with van der Waals surface area (Å²) in [6.45, 7) is 0. The number of aromatic amines is 2. The van der Waals surface area contributed by atoms with E-state index in [0.29, 0.717) is 5.95 Å². The van der Waals surface area contributed by atoms with Gasteiger partial charge in [0.1, 0.15) is 0 Å². The fraction of sp³-hybridized carbons (Fsp3) is 0.250. The largest absolute Gasteiger partial charge is 0.369 e. The van der Waals surface area contributed by atoms with Gasteiger partial charge >= 0.3 is 0 Å². The molecule has 1 atom stereocenters. The molecular formula is C12H14N6S. The Morgan fingerprint density at radius 1 is 1.37 bits per heavy atom. The summed E-state index contributed by atoms with van der Waals surface area (Å²) < 4.78 is 0. The highest BCUT2D eigenvalue weighted by atomic mass is 32.1. The summed E-state index contributed by atoms with van der Waals surface area (Å²) in [5, 5.41) is 15.0. The molecule has 0 aliphatic heterocycles. The number of nitrogens with two attached hydrogens (primary N) is 1. The summed E-state index contributed by atoms with van der Waals surface area (Å²) in [5.41, 5.74) is 8.87. The summed E-state index contributed by atoms with van der Waals surface area (Å²) >= 11 is 1.71. The lowest BCUT2D eigenvalue weighted by Gasteiger charge is -2.11. The first-order chi connectivity index (χ1) is 9.33. The van der Waals surface area contributed by atoms with Gasteiger partial charge in [-0.2, -0.15) is 26.7 Å². The first-order valence-electron chi connectivity index (χ1n) is 6.00. The maximum atomic E-state index is 5.65. The van der Waals surface area contributed by atoms with Crippen molar-refractivity contribution in [1.82, 2.24) is 25.4 Å². The normalized spacial score (nSPS) is 12.6. The van der Waals surface area contributed by atoms with E-state index in [2.05, 4.69) is 42.2 Å². The molecule has 3 aromatic heterocycles. The average Bonchev–Trinajstić information content (AvgIpc) is 3.11. The summed E-state index contributed by atoms with van der Waals surface area (Å²) in [6.07, 6.45) is 5.43. The predicted octanol–water partition coefficient (Wildman–Crippen LogP) is 1.94. The number of imidazole rings is 1. The second-order valence-corrected chi connectivity index (χ2v) is 5.12. The van der Waals surface area contributed by atoms with Crippen LogP contribution in [-0.2, 0) is 6.42 Å². The van der Waals surface area contributed by atoms with Gasteiger partial charge in [-0.1, -0.05) is 0 Å². The molecule has 0 radical (unpaired) electrons. The van der Waals surface area contributed by atoms with Crippen LogP contribution in [0.2, 0.25) is 0 Å². The smallest absolute Gasteiger partial charge is 0.197 e. The molecule has 19 heavy (non-hydrogen) atoms. The molecule has 0 aromatic carbocycles. The third kappa shape index (κ3) is 2.65. The van der Waals surface area contributed by atoms with E-state index < -0.39 is 0 Å². The molecule has 0 saturated heterocycles. The van der Waals surface area contributed by atoms with E-state index in [1.54, 1.807) is 23.7 Å². The molecule has 0 saturated carbocycles. The maximum absolute atomic E-state index is 5.65. The third-order valence-electron chi connectivity index (χ3n) is 3.08. The van der Waals surface area contributed by atoms with Gasteiger partial charge in [0.2, 0.25) is 0 Å². The number of nitrogens with zero attached hydrogens (tertiary/aromatic N) is 3. The molecule has 0 spiro atoms. The second-order valence-electron chi connectivity index (χ2n) is 4.34. The second kappa shape index (κ2) is 5.23. The van der Waals surface area contributed by atoms with Crippen molar-refractivity contribution in [1.29, 1.82) is 0 Å². The number of aromatic nitrogens is 5. The van der Waals surface area contributed by atoms with Gasteiger partial charge < -0.3 is 10.7 Å². The number of nitrogens with one attached hydrogen (secondary N) is 2. The fourth-order valence-electron chi connectivity index (χ4n) is 2.12. The van der Waals surface area contributed by atoms with Crippen molar-refractivity contribution < 1.29 is 0 Å². The van der Waals surface area contributed by atoms with Crippen molar-refractivity contribution >= 4 is 17.3 Å². The predicted molar refractivity (Wildman–Crippen MR) is 73.9 cm³/mol. The summed E-state index contributed by atoms with van der Waals surface area (Å²) in [4.78, 5) is 7.14. The van der Waals surface area contributed by atoms with Crippen LogP contribution >= 0.6 is 11.3 Å². The molecule has 0 bridgehead atoms. The molecule has 4 N–H and O–H groups in total. The van der Waals surface area contributed by atoms with Gasteiger partial charge in [-0.3, -0.25) is 0 Å². The maximum Gasteiger partial charge on any atom is 0.197 e. The Kier molecular flexibility index (Phi) is 3.28. The van der Waals surface area contributed by atoms with E-state index in [1.165, 1.54) is 5.56 Å². The van der Waals surface area contributed by atoms with E-state index in [4.69, 9.17) is 5.73 Å². The van der Waals surface area contributed by atoms with Crippen LogP contribution in [-0.4, -0.2) is 25.4 Å². The van der Waals surface area contributed by atoms with Crippen LogP contribution in [0.5, 0.6) is 0 Å². The van der Waals surface area contributed by atoms with E-state index in [9.17, 15) is 0 Å². The number of nitrogen functional groups attached to an aromatic ring is 1. The van der Waals surface area contributed by atoms with Crippen LogP contribution in [0.15, 0.2) is 29.2 Å². The van der Waals surface area contributed by atoms with E-state index in [0.717, 1.165) is 24.2 Å². The lowest BCUT2D eigenvalue weighted by atomic mass is 9.95. The zero-order valence-corrected chi connectivity index (χ0v) is 11.0. The van der Waals surface area contributed by atoms with Crippen LogP contribution in [0.1, 0.15) is 29.3 Å². The Morgan fingerprint density at radius 3 is 2.95 bits per heavy atom. The molecule has 0 amide bonds. The van der Waals surface area contributed by atoms with Crippen LogP contribution < -0.4 is 5.73 Å². The van der Waals surface area contributed by atoms with E-state index in [-0.39, 0.29) is 5.92 Å². The zero-order valence-electron chi connectivity index (χ0n) is 10.2. The number of hydrogen-bond donors (Lipinski definition) is 3. The van der Waals surface area contributed by atoms with Crippen molar-refractivity contribution in [3.63, 3.8) is 0 Å². The lowest BCUT2D eigenvalue weighted by molar-refractivity contribution is 0.678. The molecule has 3 rings (SSSR count). The molecule has 7 heteroatoms. The molecule has 6 nitrogen and oxygen atoms in total. The minimum Gasteiger partial charge on any atom is -0.369 e. The number of H-pyrrole nitrogens is 2. The Morgan fingerprint density at radius 2 is 2.32 bits per heavy atom. The van der Waals surface area contributed by atoms with Gasteiger partial charge in [0.25, 0.3) is 0 Å². The molecule has 3 heterocycles.